The maximum Gasteiger partial charge on any atom is 0.137 e. The van der Waals surface area contributed by atoms with E-state index in [4.69, 9.17) is 9.15 Å². The number of aryl methyl sites for hydroxylation is 1. The summed E-state index contributed by atoms with van der Waals surface area (Å²) in [6.07, 6.45) is 0.148. The molecule has 96 valence electrons. The van der Waals surface area contributed by atoms with Crippen molar-refractivity contribution in [1.29, 1.82) is 0 Å². The summed E-state index contributed by atoms with van der Waals surface area (Å²) in [7, 11) is 0. The molecule has 1 aliphatic heterocycles. The lowest BCUT2D eigenvalue weighted by Crippen LogP contribution is -2.12. The molecule has 1 N–H and O–H groups in total. The lowest BCUT2D eigenvalue weighted by atomic mass is 9.97. The van der Waals surface area contributed by atoms with E-state index in [0.29, 0.717) is 24.6 Å². The van der Waals surface area contributed by atoms with Crippen LogP contribution in [0.5, 0.6) is 0 Å². The minimum absolute atomic E-state index is 0.0640. The molecule has 2 unspecified atom stereocenters. The lowest BCUT2D eigenvalue weighted by molar-refractivity contribution is 0.0747. The van der Waals surface area contributed by atoms with Crippen molar-refractivity contribution in [3.63, 3.8) is 0 Å². The average Bonchev–Trinajstić information content (AvgIpc) is 2.98. The molecule has 3 nitrogen and oxygen atoms in total. The summed E-state index contributed by atoms with van der Waals surface area (Å²) < 4.78 is 24.1. The number of benzene rings is 1. The van der Waals surface area contributed by atoms with Crippen LogP contribution in [0.2, 0.25) is 0 Å². The zero-order valence-corrected chi connectivity index (χ0v) is 10.1. The Morgan fingerprint density at radius 3 is 3.00 bits per heavy atom. The van der Waals surface area contributed by atoms with Gasteiger partial charge in [0.2, 0.25) is 0 Å². The van der Waals surface area contributed by atoms with Gasteiger partial charge in [-0.15, -0.1) is 0 Å². The van der Waals surface area contributed by atoms with Crippen molar-refractivity contribution in [2.24, 2.45) is 5.92 Å². The van der Waals surface area contributed by atoms with E-state index in [0.717, 1.165) is 17.4 Å². The Hall–Kier alpha value is -1.39. The molecule has 3 rings (SSSR count). The van der Waals surface area contributed by atoms with Crippen molar-refractivity contribution in [1.82, 2.24) is 0 Å². The molecule has 0 aliphatic carbocycles. The fourth-order valence-corrected chi connectivity index (χ4v) is 2.51. The smallest absolute Gasteiger partial charge is 0.137 e. The number of rotatable bonds is 2. The van der Waals surface area contributed by atoms with Gasteiger partial charge in [0.05, 0.1) is 6.61 Å². The SMILES string of the molecule is Cc1c(C(O)C2CCOC2)oc2ccc(F)cc12. The van der Waals surface area contributed by atoms with E-state index >= 15 is 0 Å². The first-order valence-corrected chi connectivity index (χ1v) is 6.11. The Balaban J connectivity index is 2.03. The van der Waals surface area contributed by atoms with E-state index in [2.05, 4.69) is 0 Å². The third-order valence-corrected chi connectivity index (χ3v) is 3.62. The molecule has 2 heterocycles. The van der Waals surface area contributed by atoms with Crippen LogP contribution in [0.15, 0.2) is 22.6 Å². The third kappa shape index (κ3) is 1.82. The Morgan fingerprint density at radius 1 is 1.44 bits per heavy atom. The van der Waals surface area contributed by atoms with Gasteiger partial charge in [-0.2, -0.15) is 0 Å². The standard InChI is InChI=1S/C14H15FO3/c1-8-11-6-10(15)2-3-12(11)18-14(8)13(16)9-4-5-17-7-9/h2-3,6,9,13,16H,4-5,7H2,1H3. The highest BCUT2D eigenvalue weighted by molar-refractivity contribution is 5.82. The second-order valence-electron chi connectivity index (χ2n) is 4.80. The van der Waals surface area contributed by atoms with E-state index in [9.17, 15) is 9.50 Å². The van der Waals surface area contributed by atoms with E-state index in [1.807, 2.05) is 6.92 Å². The van der Waals surface area contributed by atoms with Crippen LogP contribution in [0.25, 0.3) is 11.0 Å². The van der Waals surface area contributed by atoms with Crippen LogP contribution in [0.3, 0.4) is 0 Å². The molecule has 1 aliphatic rings. The van der Waals surface area contributed by atoms with E-state index in [1.54, 1.807) is 6.07 Å². The van der Waals surface area contributed by atoms with Gasteiger partial charge in [-0.25, -0.2) is 4.39 Å². The van der Waals surface area contributed by atoms with Crippen LogP contribution < -0.4 is 0 Å². The topological polar surface area (TPSA) is 42.6 Å². The van der Waals surface area contributed by atoms with Gasteiger partial charge in [0.15, 0.2) is 0 Å². The van der Waals surface area contributed by atoms with Gasteiger partial charge < -0.3 is 14.3 Å². The summed E-state index contributed by atoms with van der Waals surface area (Å²) in [6, 6.07) is 4.40. The van der Waals surface area contributed by atoms with Crippen molar-refractivity contribution in [3.05, 3.63) is 35.3 Å². The summed E-state index contributed by atoms with van der Waals surface area (Å²) in [5, 5.41) is 11.0. The predicted molar refractivity (Wildman–Crippen MR) is 64.8 cm³/mol. The summed E-state index contributed by atoms with van der Waals surface area (Å²) in [6.45, 7) is 3.07. The van der Waals surface area contributed by atoms with E-state index in [-0.39, 0.29) is 11.7 Å². The molecule has 1 fully saturated rings. The number of halogens is 1. The fraction of sp³-hybridized carbons (Fsp3) is 0.429. The summed E-state index contributed by atoms with van der Waals surface area (Å²) >= 11 is 0. The van der Waals surface area contributed by atoms with Crippen molar-refractivity contribution in [2.45, 2.75) is 19.4 Å². The number of hydrogen-bond donors (Lipinski definition) is 1. The molecule has 0 radical (unpaired) electrons. The molecule has 4 heteroatoms. The van der Waals surface area contributed by atoms with Crippen LogP contribution >= 0.6 is 0 Å². The molecule has 1 aromatic heterocycles. The van der Waals surface area contributed by atoms with Gasteiger partial charge in [-0.05, 0) is 31.5 Å². The van der Waals surface area contributed by atoms with Gasteiger partial charge in [-0.1, -0.05) is 0 Å². The maximum absolute atomic E-state index is 13.2. The molecule has 0 amide bonds. The molecule has 1 saturated heterocycles. The van der Waals surface area contributed by atoms with Gasteiger partial charge in [0, 0.05) is 23.5 Å². The number of hydrogen-bond acceptors (Lipinski definition) is 3. The quantitative estimate of drug-likeness (QED) is 0.891. The van der Waals surface area contributed by atoms with Crippen LogP contribution in [-0.2, 0) is 4.74 Å². The van der Waals surface area contributed by atoms with Crippen LogP contribution in [0, 0.1) is 18.7 Å². The first-order valence-electron chi connectivity index (χ1n) is 6.11. The molecular weight excluding hydrogens is 235 g/mol. The van der Waals surface area contributed by atoms with Gasteiger partial charge >= 0.3 is 0 Å². The second-order valence-corrected chi connectivity index (χ2v) is 4.80. The fourth-order valence-electron chi connectivity index (χ4n) is 2.51. The molecule has 0 bridgehead atoms. The highest BCUT2D eigenvalue weighted by Crippen LogP contribution is 2.35. The normalized spacial score (nSPS) is 21.6. The van der Waals surface area contributed by atoms with E-state index < -0.39 is 6.10 Å². The number of ether oxygens (including phenoxy) is 1. The Bertz CT molecular complexity index is 570. The predicted octanol–water partition coefficient (Wildman–Crippen LogP) is 2.95. The first kappa shape index (κ1) is 11.7. The lowest BCUT2D eigenvalue weighted by Gasteiger charge is -2.14. The zero-order valence-electron chi connectivity index (χ0n) is 10.1. The Kier molecular flexibility index (Phi) is 2.84. The molecule has 0 spiro atoms. The monoisotopic (exact) mass is 250 g/mol. The van der Waals surface area contributed by atoms with Crippen molar-refractivity contribution in [2.75, 3.05) is 13.2 Å². The molecule has 2 aromatic rings. The molecular formula is C14H15FO3. The van der Waals surface area contributed by atoms with Gasteiger partial charge in [0.25, 0.3) is 0 Å². The minimum Gasteiger partial charge on any atom is -0.458 e. The van der Waals surface area contributed by atoms with Crippen molar-refractivity contribution >= 4 is 11.0 Å². The number of fused-ring (bicyclic) bond motifs is 1. The molecule has 0 saturated carbocycles. The van der Waals surface area contributed by atoms with Crippen LogP contribution in [0.1, 0.15) is 23.8 Å². The summed E-state index contributed by atoms with van der Waals surface area (Å²) in [5.41, 5.74) is 1.42. The number of furan rings is 1. The highest BCUT2D eigenvalue weighted by atomic mass is 19.1. The van der Waals surface area contributed by atoms with Crippen molar-refractivity contribution < 1.29 is 18.7 Å². The molecule has 2 atom stereocenters. The second kappa shape index (κ2) is 4.37. The van der Waals surface area contributed by atoms with Crippen LogP contribution in [-0.4, -0.2) is 18.3 Å². The largest absolute Gasteiger partial charge is 0.458 e. The number of aliphatic hydroxyl groups is 1. The third-order valence-electron chi connectivity index (χ3n) is 3.62. The summed E-state index contributed by atoms with van der Waals surface area (Å²) in [4.78, 5) is 0. The maximum atomic E-state index is 13.2. The van der Waals surface area contributed by atoms with Gasteiger partial charge in [0.1, 0.15) is 23.3 Å². The number of aliphatic hydroxyl groups excluding tert-OH is 1. The Labute approximate surface area is 104 Å². The highest BCUT2D eigenvalue weighted by Gasteiger charge is 2.29. The summed E-state index contributed by atoms with van der Waals surface area (Å²) in [5.74, 6) is 0.303. The molecule has 18 heavy (non-hydrogen) atoms. The zero-order chi connectivity index (χ0) is 12.7. The van der Waals surface area contributed by atoms with Crippen LogP contribution in [0.4, 0.5) is 4.39 Å². The minimum atomic E-state index is -0.678. The van der Waals surface area contributed by atoms with E-state index in [1.165, 1.54) is 12.1 Å². The molecule has 1 aromatic carbocycles. The van der Waals surface area contributed by atoms with Crippen molar-refractivity contribution in [3.8, 4) is 0 Å². The average molecular weight is 250 g/mol. The van der Waals surface area contributed by atoms with Gasteiger partial charge in [-0.3, -0.25) is 0 Å². The Morgan fingerprint density at radius 2 is 2.28 bits per heavy atom. The first-order chi connectivity index (χ1) is 8.66.